The Hall–Kier alpha value is -3.34. The van der Waals surface area contributed by atoms with E-state index in [4.69, 9.17) is 5.11 Å². The number of hydrogen-bond acceptors (Lipinski definition) is 4. The largest absolute Gasteiger partial charge is 0.481 e. The smallest absolute Gasteiger partial charge is 0.329 e. The van der Waals surface area contributed by atoms with Gasteiger partial charge in [-0.3, -0.25) is 28.8 Å². The second kappa shape index (κ2) is 8.78. The molecule has 2 amide bonds. The van der Waals surface area contributed by atoms with E-state index in [0.717, 1.165) is 12.8 Å². The first-order chi connectivity index (χ1) is 13.9. The molecule has 1 unspecified atom stereocenters. The summed E-state index contributed by atoms with van der Waals surface area (Å²) in [5.74, 6) is 4.61. The molecule has 0 spiro atoms. The van der Waals surface area contributed by atoms with Crippen molar-refractivity contribution in [2.45, 2.75) is 51.0 Å². The summed E-state index contributed by atoms with van der Waals surface area (Å²) >= 11 is 0. The fourth-order valence-corrected chi connectivity index (χ4v) is 3.59. The number of nitrogens with one attached hydrogen (secondary N) is 1. The van der Waals surface area contributed by atoms with Gasteiger partial charge in [-0.25, -0.2) is 4.79 Å². The van der Waals surface area contributed by atoms with Crippen molar-refractivity contribution in [3.8, 4) is 11.8 Å². The Labute approximate surface area is 167 Å². The number of aromatic nitrogens is 2. The standard InChI is InChI=1S/C21H23N3O5/c1-23-19-14(8-5-3-2-4-6-11-18(26)27)9-7-10-15(19)24(21(23)29)16-12-13-17(25)22-20(16)28/h7,9-10,16H,2-4,6,11-13H2,1H3,(H,26,27)(H,22,25,28). The predicted octanol–water partition coefficient (Wildman–Crippen LogP) is 1.70. The molecule has 1 saturated heterocycles. The zero-order valence-corrected chi connectivity index (χ0v) is 16.2. The number of fused-ring (bicyclic) bond motifs is 1. The number of para-hydroxylation sites is 1. The maximum absolute atomic E-state index is 12.8. The second-order valence-corrected chi connectivity index (χ2v) is 7.11. The lowest BCUT2D eigenvalue weighted by molar-refractivity contribution is -0.137. The van der Waals surface area contributed by atoms with Crippen LogP contribution in [0.15, 0.2) is 23.0 Å². The number of nitrogens with zero attached hydrogens (tertiary/aromatic N) is 2. The number of amides is 2. The Kier molecular flexibility index (Phi) is 6.17. The molecule has 2 heterocycles. The van der Waals surface area contributed by atoms with Crippen molar-refractivity contribution in [3.63, 3.8) is 0 Å². The molecule has 1 fully saturated rings. The van der Waals surface area contributed by atoms with Crippen molar-refractivity contribution >= 4 is 28.8 Å². The monoisotopic (exact) mass is 397 g/mol. The van der Waals surface area contributed by atoms with E-state index < -0.39 is 17.9 Å². The van der Waals surface area contributed by atoms with Gasteiger partial charge >= 0.3 is 11.7 Å². The maximum atomic E-state index is 12.8. The van der Waals surface area contributed by atoms with Crippen LogP contribution in [0.25, 0.3) is 11.0 Å². The van der Waals surface area contributed by atoms with Crippen LogP contribution >= 0.6 is 0 Å². The van der Waals surface area contributed by atoms with Crippen LogP contribution in [0.4, 0.5) is 0 Å². The molecule has 1 aliphatic rings. The number of carbonyl (C=O) groups is 3. The fourth-order valence-electron chi connectivity index (χ4n) is 3.59. The van der Waals surface area contributed by atoms with Crippen LogP contribution in [-0.2, 0) is 21.4 Å². The Bertz CT molecular complexity index is 1080. The van der Waals surface area contributed by atoms with Gasteiger partial charge in [0, 0.05) is 26.3 Å². The number of unbranched alkanes of at least 4 members (excludes halogenated alkanes) is 3. The van der Waals surface area contributed by atoms with Gasteiger partial charge in [-0.15, -0.1) is 0 Å². The van der Waals surface area contributed by atoms with E-state index in [2.05, 4.69) is 17.2 Å². The molecule has 0 radical (unpaired) electrons. The molecule has 1 aromatic carbocycles. The lowest BCUT2D eigenvalue weighted by Gasteiger charge is -2.21. The number of piperidine rings is 1. The number of rotatable bonds is 6. The van der Waals surface area contributed by atoms with Gasteiger partial charge in [-0.1, -0.05) is 24.3 Å². The Morgan fingerprint density at radius 1 is 1.24 bits per heavy atom. The van der Waals surface area contributed by atoms with Gasteiger partial charge in [0.2, 0.25) is 11.8 Å². The van der Waals surface area contributed by atoms with Crippen molar-refractivity contribution in [2.24, 2.45) is 7.05 Å². The van der Waals surface area contributed by atoms with E-state index in [-0.39, 0.29) is 30.9 Å². The maximum Gasteiger partial charge on any atom is 0.329 e. The van der Waals surface area contributed by atoms with Crippen molar-refractivity contribution in [1.82, 2.24) is 14.5 Å². The van der Waals surface area contributed by atoms with Gasteiger partial charge in [0.25, 0.3) is 0 Å². The molecular weight excluding hydrogens is 374 g/mol. The number of carboxylic acid groups (broad SMARTS) is 1. The van der Waals surface area contributed by atoms with Crippen LogP contribution < -0.4 is 11.0 Å². The first kappa shape index (κ1) is 20.4. The number of carbonyl (C=O) groups excluding carboxylic acids is 2. The highest BCUT2D eigenvalue weighted by Crippen LogP contribution is 2.24. The Morgan fingerprint density at radius 2 is 2.03 bits per heavy atom. The van der Waals surface area contributed by atoms with Crippen molar-refractivity contribution < 1.29 is 19.5 Å². The van der Waals surface area contributed by atoms with E-state index >= 15 is 0 Å². The molecule has 2 N–H and O–H groups in total. The number of imide groups is 1. The number of aliphatic carboxylic acids is 1. The lowest BCUT2D eigenvalue weighted by atomic mass is 10.1. The molecule has 1 aliphatic heterocycles. The van der Waals surface area contributed by atoms with Crippen LogP contribution in [-0.4, -0.2) is 32.0 Å². The number of aryl methyl sites for hydroxylation is 1. The Balaban J connectivity index is 1.84. The van der Waals surface area contributed by atoms with Crippen LogP contribution in [0.2, 0.25) is 0 Å². The highest BCUT2D eigenvalue weighted by molar-refractivity contribution is 6.00. The van der Waals surface area contributed by atoms with Crippen LogP contribution in [0.3, 0.4) is 0 Å². The summed E-state index contributed by atoms with van der Waals surface area (Å²) < 4.78 is 2.92. The normalized spacial score (nSPS) is 16.4. The molecule has 0 aliphatic carbocycles. The first-order valence-electron chi connectivity index (χ1n) is 9.64. The molecule has 29 heavy (non-hydrogen) atoms. The minimum atomic E-state index is -0.788. The Morgan fingerprint density at radius 3 is 2.76 bits per heavy atom. The van der Waals surface area contributed by atoms with Gasteiger partial charge in [-0.05, 0) is 31.4 Å². The summed E-state index contributed by atoms with van der Waals surface area (Å²) in [7, 11) is 1.64. The van der Waals surface area contributed by atoms with E-state index in [9.17, 15) is 19.2 Å². The molecule has 152 valence electrons. The molecule has 1 atom stereocenters. The van der Waals surface area contributed by atoms with E-state index in [1.807, 2.05) is 6.07 Å². The number of carboxylic acids is 1. The predicted molar refractivity (Wildman–Crippen MR) is 106 cm³/mol. The second-order valence-electron chi connectivity index (χ2n) is 7.11. The molecular formula is C21H23N3O5. The third kappa shape index (κ3) is 4.40. The van der Waals surface area contributed by atoms with Crippen LogP contribution in [0.1, 0.15) is 56.6 Å². The topological polar surface area (TPSA) is 110 Å². The fraction of sp³-hybridized carbons (Fsp3) is 0.429. The summed E-state index contributed by atoms with van der Waals surface area (Å²) in [5.41, 5.74) is 1.64. The molecule has 3 rings (SSSR count). The summed E-state index contributed by atoms with van der Waals surface area (Å²) in [5, 5.41) is 10.9. The summed E-state index contributed by atoms with van der Waals surface area (Å²) in [6.07, 6.45) is 3.54. The average molecular weight is 397 g/mol. The minimum Gasteiger partial charge on any atom is -0.481 e. The van der Waals surface area contributed by atoms with E-state index in [1.165, 1.54) is 9.13 Å². The van der Waals surface area contributed by atoms with Gasteiger partial charge in [0.1, 0.15) is 6.04 Å². The first-order valence-corrected chi connectivity index (χ1v) is 9.64. The third-order valence-corrected chi connectivity index (χ3v) is 5.04. The van der Waals surface area contributed by atoms with Crippen LogP contribution in [0, 0.1) is 11.8 Å². The van der Waals surface area contributed by atoms with Crippen molar-refractivity contribution in [1.29, 1.82) is 0 Å². The number of benzene rings is 1. The van der Waals surface area contributed by atoms with Gasteiger partial charge < -0.3 is 5.11 Å². The zero-order valence-electron chi connectivity index (χ0n) is 16.2. The lowest BCUT2D eigenvalue weighted by Crippen LogP contribution is -2.44. The zero-order chi connectivity index (χ0) is 21.0. The van der Waals surface area contributed by atoms with E-state index in [1.54, 1.807) is 19.2 Å². The number of imidazole rings is 1. The van der Waals surface area contributed by atoms with Crippen molar-refractivity contribution in [3.05, 3.63) is 34.2 Å². The molecule has 8 nitrogen and oxygen atoms in total. The van der Waals surface area contributed by atoms with Crippen LogP contribution in [0.5, 0.6) is 0 Å². The quantitative estimate of drug-likeness (QED) is 0.438. The third-order valence-electron chi connectivity index (χ3n) is 5.04. The highest BCUT2D eigenvalue weighted by atomic mass is 16.4. The molecule has 0 saturated carbocycles. The molecule has 1 aromatic heterocycles. The SMILES string of the molecule is Cn1c(=O)n(C2CCC(=O)NC2=O)c2cccc(C#CCCCCCC(=O)O)c21. The molecule has 8 heteroatoms. The van der Waals surface area contributed by atoms with Gasteiger partial charge in [0.05, 0.1) is 16.6 Å². The highest BCUT2D eigenvalue weighted by Gasteiger charge is 2.31. The summed E-state index contributed by atoms with van der Waals surface area (Å²) in [4.78, 5) is 47.0. The number of hydrogen-bond donors (Lipinski definition) is 2. The van der Waals surface area contributed by atoms with Crippen molar-refractivity contribution in [2.75, 3.05) is 0 Å². The van der Waals surface area contributed by atoms with Gasteiger partial charge in [0.15, 0.2) is 0 Å². The average Bonchev–Trinajstić information content (AvgIpc) is 2.92. The summed E-state index contributed by atoms with van der Waals surface area (Å²) in [6.45, 7) is 0. The molecule has 2 aromatic rings. The van der Waals surface area contributed by atoms with E-state index in [0.29, 0.717) is 29.4 Å². The van der Waals surface area contributed by atoms with Gasteiger partial charge in [-0.2, -0.15) is 0 Å². The summed E-state index contributed by atoms with van der Waals surface area (Å²) in [6, 6.07) is 4.67. The minimum absolute atomic E-state index is 0.169. The molecule has 0 bridgehead atoms.